The van der Waals surface area contributed by atoms with Crippen molar-refractivity contribution in [3.63, 3.8) is 0 Å². The second-order valence-corrected chi connectivity index (χ2v) is 17.3. The van der Waals surface area contributed by atoms with Gasteiger partial charge in [-0.3, -0.25) is 19.2 Å². The van der Waals surface area contributed by atoms with Gasteiger partial charge in [0.15, 0.2) is 0 Å². The molecular formula is C44H94N6O12. The number of carbonyl (C=O) groups is 4. The molecular weight excluding hydrogens is 805 g/mol. The number of carbonyl (C=O) groups excluding carboxylic acids is 4. The summed E-state index contributed by atoms with van der Waals surface area (Å²) < 4.78 is 38.2. The fourth-order valence-corrected chi connectivity index (χ4v) is 4.38. The van der Waals surface area contributed by atoms with E-state index >= 15 is 0 Å². The Labute approximate surface area is 376 Å². The molecule has 0 aliphatic rings. The van der Waals surface area contributed by atoms with Gasteiger partial charge in [-0.2, -0.15) is 5.48 Å². The number of rotatable bonds is 33. The Hall–Kier alpha value is -2.68. The van der Waals surface area contributed by atoms with Gasteiger partial charge in [0.1, 0.15) is 18.8 Å². The largest absolute Gasteiger partial charge is 0.442 e. The van der Waals surface area contributed by atoms with Crippen LogP contribution in [0.2, 0.25) is 0 Å². The first-order chi connectivity index (χ1) is 28.9. The Morgan fingerprint density at radius 2 is 1.00 bits per heavy atom. The van der Waals surface area contributed by atoms with Crippen LogP contribution in [0.25, 0.3) is 0 Å². The molecule has 0 radical (unpaired) electrons. The highest BCUT2D eigenvalue weighted by Crippen LogP contribution is 2.20. The van der Waals surface area contributed by atoms with Gasteiger partial charge in [-0.1, -0.05) is 27.2 Å². The highest BCUT2D eigenvalue weighted by atomic mass is 16.7. The lowest BCUT2D eigenvalue weighted by atomic mass is 10.0. The first-order valence-electron chi connectivity index (χ1n) is 22.3. The van der Waals surface area contributed by atoms with Crippen LogP contribution in [-0.4, -0.2) is 145 Å². The third-order valence-corrected chi connectivity index (χ3v) is 8.03. The van der Waals surface area contributed by atoms with Gasteiger partial charge in [0.2, 0.25) is 18.2 Å². The normalized spacial score (nSPS) is 11.7. The molecule has 0 aliphatic heterocycles. The highest BCUT2D eigenvalue weighted by molar-refractivity contribution is 5.77. The summed E-state index contributed by atoms with van der Waals surface area (Å²) in [6, 6.07) is 0. The maximum atomic E-state index is 11.6. The summed E-state index contributed by atoms with van der Waals surface area (Å²) in [7, 11) is 0. The summed E-state index contributed by atoms with van der Waals surface area (Å²) in [6.45, 7) is 35.5. The molecule has 0 bridgehead atoms. The minimum Gasteiger partial charge on any atom is -0.442 e. The zero-order valence-corrected chi connectivity index (χ0v) is 41.8. The monoisotopic (exact) mass is 899 g/mol. The number of hydrogen-bond donors (Lipinski definition) is 6. The van der Waals surface area contributed by atoms with E-state index in [2.05, 4.69) is 28.4 Å². The summed E-state index contributed by atoms with van der Waals surface area (Å²) in [6.07, 6.45) is 5.19. The Morgan fingerprint density at radius 3 is 1.42 bits per heavy atom. The zero-order chi connectivity index (χ0) is 48.6. The molecule has 0 heterocycles. The number of hydroxylamine groups is 1. The number of hydrogen-bond acceptors (Lipinski definition) is 14. The molecule has 0 aromatic carbocycles. The van der Waals surface area contributed by atoms with Crippen LogP contribution < -0.4 is 32.9 Å². The van der Waals surface area contributed by atoms with Gasteiger partial charge in [0.05, 0.1) is 68.7 Å². The molecule has 0 aromatic heterocycles. The Kier molecular flexibility index (Phi) is 42.4. The van der Waals surface area contributed by atoms with E-state index in [0.29, 0.717) is 72.2 Å². The van der Waals surface area contributed by atoms with E-state index < -0.39 is 11.7 Å². The molecule has 0 saturated carbocycles. The van der Waals surface area contributed by atoms with Gasteiger partial charge in [-0.15, -0.1) is 0 Å². The van der Waals surface area contributed by atoms with Crippen molar-refractivity contribution in [2.45, 2.75) is 170 Å². The van der Waals surface area contributed by atoms with Crippen molar-refractivity contribution in [2.75, 3.05) is 92.2 Å². The van der Waals surface area contributed by atoms with Crippen molar-refractivity contribution in [2.24, 2.45) is 11.5 Å². The zero-order valence-electron chi connectivity index (χ0n) is 41.8. The average Bonchev–Trinajstić information content (AvgIpc) is 3.16. The maximum Gasteiger partial charge on any atom is 0.431 e. The maximum absolute atomic E-state index is 11.6. The smallest absolute Gasteiger partial charge is 0.431 e. The third-order valence-electron chi connectivity index (χ3n) is 8.03. The first-order valence-corrected chi connectivity index (χ1v) is 22.3. The van der Waals surface area contributed by atoms with Crippen LogP contribution in [0.3, 0.4) is 0 Å². The van der Waals surface area contributed by atoms with E-state index in [-0.39, 0.29) is 54.0 Å². The number of amides is 4. The number of nitrogens with two attached hydrogens (primary N) is 2. The molecule has 62 heavy (non-hydrogen) atoms. The second kappa shape index (κ2) is 39.9. The van der Waals surface area contributed by atoms with Gasteiger partial charge < -0.3 is 60.6 Å². The molecule has 8 N–H and O–H groups in total. The summed E-state index contributed by atoms with van der Waals surface area (Å²) in [5, 5.41) is 8.03. The topological polar surface area (TPSA) is 242 Å². The van der Waals surface area contributed by atoms with E-state index in [1.165, 1.54) is 0 Å². The van der Waals surface area contributed by atoms with Gasteiger partial charge in [0, 0.05) is 19.6 Å². The average molecular weight is 899 g/mol. The number of ether oxygens (including phenoxy) is 7. The molecule has 18 heteroatoms. The first kappa shape index (κ1) is 65.9. The molecule has 0 spiro atoms. The Bertz CT molecular complexity index is 1090. The lowest BCUT2D eigenvalue weighted by molar-refractivity contribution is -0.134. The van der Waals surface area contributed by atoms with Gasteiger partial charge in [-0.05, 0) is 128 Å². The van der Waals surface area contributed by atoms with Crippen LogP contribution in [-0.2, 0) is 52.4 Å². The quantitative estimate of drug-likeness (QED) is 0.0291. The van der Waals surface area contributed by atoms with Gasteiger partial charge in [0.25, 0.3) is 0 Å². The number of likely N-dealkylation sites (N-methyl/N-ethyl adjacent to an activating group) is 1. The fraction of sp³-hybridized carbons (Fsp3) is 0.909. The molecule has 0 saturated heterocycles. The van der Waals surface area contributed by atoms with Crippen molar-refractivity contribution < 1.29 is 57.2 Å². The standard InChI is InChI=1S/C16H34N2O3.C14H30N2O3.C12H24N2O6.C2H6/c1-6-7-11-18-14(19)13-21-16(4,5)9-12-20-15(2,3)8-10-17;1-6-16-12(17)11-19-14(4,5)8-10-18-13(2,3)7-9-15;1-12(2,3)20-11(16)14-19-9-8-18-7-6-17-5-4-13-10-15;1-2/h6-13,17H2,1-5H3,(H,18,19);6-11,15H2,1-5H3,(H,16,17);10H,4-9H2,1-3H3,(H,13,15)(H,14,16);1-2H3. The third kappa shape index (κ3) is 51.7. The molecule has 18 nitrogen and oxygen atoms in total. The molecule has 0 rings (SSSR count). The van der Waals surface area contributed by atoms with Crippen LogP contribution in [0.5, 0.6) is 0 Å². The summed E-state index contributed by atoms with van der Waals surface area (Å²) in [5.74, 6) is -0.138. The summed E-state index contributed by atoms with van der Waals surface area (Å²) in [4.78, 5) is 48.9. The molecule has 0 unspecified atom stereocenters. The van der Waals surface area contributed by atoms with E-state index in [1.807, 2.05) is 76.2 Å². The fourth-order valence-electron chi connectivity index (χ4n) is 4.38. The lowest BCUT2D eigenvalue weighted by Gasteiger charge is -2.29. The van der Waals surface area contributed by atoms with Crippen molar-refractivity contribution >= 4 is 24.3 Å². The van der Waals surface area contributed by atoms with Crippen LogP contribution >= 0.6 is 0 Å². The SMILES string of the molecule is CC.CC(C)(C)OC(=O)NOCCOCCOCCNC=O.CCCCNC(=O)COC(C)(C)CCOC(C)(C)CCN.CCNC(=O)COC(C)(C)CCOC(C)(C)CCN. The molecule has 0 aliphatic carbocycles. The highest BCUT2D eigenvalue weighted by Gasteiger charge is 2.24. The van der Waals surface area contributed by atoms with Crippen LogP contribution in [0.4, 0.5) is 4.79 Å². The minimum absolute atomic E-state index is 0.0547. The molecule has 0 aromatic rings. The summed E-state index contributed by atoms with van der Waals surface area (Å²) >= 11 is 0. The van der Waals surface area contributed by atoms with Gasteiger partial charge in [-0.25, -0.2) is 4.79 Å². The number of nitrogens with one attached hydrogen (secondary N) is 4. The second-order valence-electron chi connectivity index (χ2n) is 17.3. The predicted octanol–water partition coefficient (Wildman–Crippen LogP) is 4.93. The molecule has 4 amide bonds. The minimum atomic E-state index is -0.636. The van der Waals surface area contributed by atoms with Crippen LogP contribution in [0.1, 0.15) is 142 Å². The van der Waals surface area contributed by atoms with Crippen molar-refractivity contribution in [1.82, 2.24) is 21.4 Å². The van der Waals surface area contributed by atoms with E-state index in [9.17, 15) is 19.2 Å². The Balaban J connectivity index is -0.000000399. The van der Waals surface area contributed by atoms with E-state index in [4.69, 9.17) is 49.5 Å². The van der Waals surface area contributed by atoms with Gasteiger partial charge >= 0.3 is 6.09 Å². The van der Waals surface area contributed by atoms with E-state index in [1.54, 1.807) is 20.8 Å². The lowest BCUT2D eigenvalue weighted by Crippen LogP contribution is -2.36. The summed E-state index contributed by atoms with van der Waals surface area (Å²) in [5.41, 5.74) is 11.5. The Morgan fingerprint density at radius 1 is 0.565 bits per heavy atom. The van der Waals surface area contributed by atoms with Crippen molar-refractivity contribution in [3.05, 3.63) is 0 Å². The molecule has 372 valence electrons. The van der Waals surface area contributed by atoms with Crippen molar-refractivity contribution in [3.8, 4) is 0 Å². The predicted molar refractivity (Wildman–Crippen MR) is 246 cm³/mol. The van der Waals surface area contributed by atoms with Crippen LogP contribution in [0.15, 0.2) is 0 Å². The van der Waals surface area contributed by atoms with Crippen LogP contribution in [0, 0.1) is 0 Å². The van der Waals surface area contributed by atoms with Crippen molar-refractivity contribution in [1.29, 1.82) is 0 Å². The molecule has 0 fully saturated rings. The number of unbranched alkanes of at least 4 members (excludes halogenated alkanes) is 1. The molecule has 0 atom stereocenters. The van der Waals surface area contributed by atoms with E-state index in [0.717, 1.165) is 45.1 Å².